The number of amides is 1. The number of benzene rings is 1. The SMILES string of the molecule is CC(C)CC(=O)N1Cc2ccc(C(O)C(C)(C)C)cc2C1. The molecule has 1 heterocycles. The van der Waals surface area contributed by atoms with Crippen LogP contribution in [0.1, 0.15) is 63.8 Å². The molecule has 1 aliphatic heterocycles. The van der Waals surface area contributed by atoms with Crippen LogP contribution < -0.4 is 0 Å². The van der Waals surface area contributed by atoms with Crippen molar-refractivity contribution in [3.63, 3.8) is 0 Å². The molecule has 0 fully saturated rings. The summed E-state index contributed by atoms with van der Waals surface area (Å²) in [5.41, 5.74) is 3.14. The molecular formula is C18H27NO2. The number of rotatable bonds is 3. The maximum Gasteiger partial charge on any atom is 0.223 e. The summed E-state index contributed by atoms with van der Waals surface area (Å²) in [6, 6.07) is 6.11. The van der Waals surface area contributed by atoms with E-state index in [1.165, 1.54) is 11.1 Å². The van der Waals surface area contributed by atoms with Crippen LogP contribution in [0.4, 0.5) is 0 Å². The normalized spacial score (nSPS) is 16.2. The Kier molecular flexibility index (Phi) is 4.43. The third kappa shape index (κ3) is 3.65. The van der Waals surface area contributed by atoms with Crippen molar-refractivity contribution in [2.24, 2.45) is 11.3 Å². The van der Waals surface area contributed by atoms with Gasteiger partial charge in [0.2, 0.25) is 5.91 Å². The minimum absolute atomic E-state index is 0.181. The second-order valence-electron chi connectivity index (χ2n) is 7.64. The van der Waals surface area contributed by atoms with Crippen molar-refractivity contribution in [2.75, 3.05) is 0 Å². The fraction of sp³-hybridized carbons (Fsp3) is 0.611. The topological polar surface area (TPSA) is 40.5 Å². The van der Waals surface area contributed by atoms with Crippen LogP contribution in [0.3, 0.4) is 0 Å². The fourth-order valence-electron chi connectivity index (χ4n) is 2.74. The van der Waals surface area contributed by atoms with Crippen LogP contribution in [0.2, 0.25) is 0 Å². The standard InChI is InChI=1S/C18H27NO2/c1-12(2)8-16(20)19-10-14-7-6-13(9-15(14)11-19)17(21)18(3,4)5/h6-7,9,12,17,21H,8,10-11H2,1-5H3. The highest BCUT2D eigenvalue weighted by molar-refractivity contribution is 5.77. The summed E-state index contributed by atoms with van der Waals surface area (Å²) in [4.78, 5) is 14.1. The number of nitrogens with zero attached hydrogens (tertiary/aromatic N) is 1. The Hall–Kier alpha value is -1.35. The van der Waals surface area contributed by atoms with Gasteiger partial charge in [0.1, 0.15) is 0 Å². The number of fused-ring (bicyclic) bond motifs is 1. The highest BCUT2D eigenvalue weighted by Gasteiger charge is 2.27. The Labute approximate surface area is 128 Å². The zero-order valence-electron chi connectivity index (χ0n) is 13.8. The quantitative estimate of drug-likeness (QED) is 0.922. The van der Waals surface area contributed by atoms with E-state index in [2.05, 4.69) is 26.0 Å². The molecule has 21 heavy (non-hydrogen) atoms. The van der Waals surface area contributed by atoms with E-state index < -0.39 is 6.10 Å². The van der Waals surface area contributed by atoms with Gasteiger partial charge in [0.15, 0.2) is 0 Å². The van der Waals surface area contributed by atoms with Gasteiger partial charge in [-0.05, 0) is 28.0 Å². The van der Waals surface area contributed by atoms with Crippen molar-refractivity contribution < 1.29 is 9.90 Å². The summed E-state index contributed by atoms with van der Waals surface area (Å²) in [5, 5.41) is 10.4. The van der Waals surface area contributed by atoms with Gasteiger partial charge in [-0.2, -0.15) is 0 Å². The molecule has 1 aromatic rings. The molecule has 3 nitrogen and oxygen atoms in total. The molecule has 1 unspecified atom stereocenters. The lowest BCUT2D eigenvalue weighted by Crippen LogP contribution is -2.26. The zero-order valence-corrected chi connectivity index (χ0v) is 13.8. The first-order valence-corrected chi connectivity index (χ1v) is 7.76. The Morgan fingerprint density at radius 2 is 1.86 bits per heavy atom. The molecule has 1 amide bonds. The molecule has 1 N–H and O–H groups in total. The van der Waals surface area contributed by atoms with Gasteiger partial charge in [0.25, 0.3) is 0 Å². The fourth-order valence-corrected chi connectivity index (χ4v) is 2.74. The lowest BCUT2D eigenvalue weighted by Gasteiger charge is -2.26. The van der Waals surface area contributed by atoms with Crippen LogP contribution >= 0.6 is 0 Å². The average molecular weight is 289 g/mol. The van der Waals surface area contributed by atoms with Gasteiger partial charge in [-0.25, -0.2) is 0 Å². The second-order valence-corrected chi connectivity index (χ2v) is 7.64. The summed E-state index contributed by atoms with van der Waals surface area (Å²) in [5.74, 6) is 0.610. The van der Waals surface area contributed by atoms with Gasteiger partial charge in [0, 0.05) is 19.5 Å². The van der Waals surface area contributed by atoms with E-state index in [9.17, 15) is 9.90 Å². The molecule has 0 bridgehead atoms. The maximum absolute atomic E-state index is 12.2. The van der Waals surface area contributed by atoms with Crippen molar-refractivity contribution in [3.05, 3.63) is 34.9 Å². The Morgan fingerprint density at radius 1 is 1.24 bits per heavy atom. The molecule has 0 radical (unpaired) electrons. The van der Waals surface area contributed by atoms with Crippen molar-refractivity contribution in [3.8, 4) is 0 Å². The summed E-state index contributed by atoms with van der Waals surface area (Å²) >= 11 is 0. The molecule has 1 aromatic carbocycles. The van der Waals surface area contributed by atoms with E-state index in [1.54, 1.807) is 0 Å². The van der Waals surface area contributed by atoms with Crippen LogP contribution in [0, 0.1) is 11.3 Å². The lowest BCUT2D eigenvalue weighted by molar-refractivity contribution is -0.132. The smallest absolute Gasteiger partial charge is 0.223 e. The van der Waals surface area contributed by atoms with Crippen LogP contribution in [0.25, 0.3) is 0 Å². The first kappa shape index (κ1) is 16.0. The number of hydrogen-bond donors (Lipinski definition) is 1. The Balaban J connectivity index is 2.14. The first-order valence-electron chi connectivity index (χ1n) is 7.76. The minimum atomic E-state index is -0.483. The summed E-state index contributed by atoms with van der Waals surface area (Å²) in [6.07, 6.45) is 0.120. The van der Waals surface area contributed by atoms with E-state index in [1.807, 2.05) is 31.7 Å². The van der Waals surface area contributed by atoms with Gasteiger partial charge in [-0.1, -0.05) is 52.8 Å². The predicted molar refractivity (Wildman–Crippen MR) is 84.6 cm³/mol. The maximum atomic E-state index is 12.2. The summed E-state index contributed by atoms with van der Waals surface area (Å²) in [6.45, 7) is 11.6. The van der Waals surface area contributed by atoms with Gasteiger partial charge < -0.3 is 10.0 Å². The van der Waals surface area contributed by atoms with Gasteiger partial charge in [0.05, 0.1) is 6.10 Å². The molecule has 3 heteroatoms. The molecule has 1 aliphatic rings. The Morgan fingerprint density at radius 3 is 2.43 bits per heavy atom. The van der Waals surface area contributed by atoms with E-state index in [4.69, 9.17) is 0 Å². The first-order chi connectivity index (χ1) is 9.68. The van der Waals surface area contributed by atoms with E-state index in [0.29, 0.717) is 25.4 Å². The number of carbonyl (C=O) groups excluding carboxylic acids is 1. The lowest BCUT2D eigenvalue weighted by atomic mass is 9.84. The molecule has 0 aliphatic carbocycles. The van der Waals surface area contributed by atoms with Crippen molar-refractivity contribution in [1.29, 1.82) is 0 Å². The molecule has 0 aromatic heterocycles. The number of aliphatic hydroxyl groups excluding tert-OH is 1. The second kappa shape index (κ2) is 5.80. The van der Waals surface area contributed by atoms with Crippen LogP contribution in [0.15, 0.2) is 18.2 Å². The number of aliphatic hydroxyl groups is 1. The minimum Gasteiger partial charge on any atom is -0.388 e. The van der Waals surface area contributed by atoms with Crippen molar-refractivity contribution in [2.45, 2.75) is 60.2 Å². The van der Waals surface area contributed by atoms with Gasteiger partial charge in [-0.15, -0.1) is 0 Å². The molecule has 1 atom stereocenters. The zero-order chi connectivity index (χ0) is 15.8. The van der Waals surface area contributed by atoms with Gasteiger partial charge in [-0.3, -0.25) is 4.79 Å². The van der Waals surface area contributed by atoms with E-state index in [0.717, 1.165) is 5.56 Å². The third-order valence-electron chi connectivity index (χ3n) is 4.02. The average Bonchev–Trinajstić information content (AvgIpc) is 2.78. The number of carbonyl (C=O) groups is 1. The van der Waals surface area contributed by atoms with Crippen LogP contribution in [-0.4, -0.2) is 15.9 Å². The van der Waals surface area contributed by atoms with Crippen LogP contribution in [0.5, 0.6) is 0 Å². The molecule has 0 spiro atoms. The van der Waals surface area contributed by atoms with Crippen molar-refractivity contribution in [1.82, 2.24) is 4.90 Å². The largest absolute Gasteiger partial charge is 0.388 e. The summed E-state index contributed by atoms with van der Waals surface area (Å²) in [7, 11) is 0. The molecule has 0 saturated carbocycles. The molecule has 0 saturated heterocycles. The molecule has 116 valence electrons. The highest BCUT2D eigenvalue weighted by atomic mass is 16.3. The van der Waals surface area contributed by atoms with Crippen LogP contribution in [-0.2, 0) is 17.9 Å². The number of hydrogen-bond acceptors (Lipinski definition) is 2. The van der Waals surface area contributed by atoms with E-state index >= 15 is 0 Å². The summed E-state index contributed by atoms with van der Waals surface area (Å²) < 4.78 is 0. The Bertz CT molecular complexity index is 529. The monoisotopic (exact) mass is 289 g/mol. The van der Waals surface area contributed by atoms with E-state index in [-0.39, 0.29) is 11.3 Å². The van der Waals surface area contributed by atoms with Gasteiger partial charge >= 0.3 is 0 Å². The third-order valence-corrected chi connectivity index (χ3v) is 4.02. The highest BCUT2D eigenvalue weighted by Crippen LogP contribution is 2.35. The molecule has 2 rings (SSSR count). The van der Waals surface area contributed by atoms with Crippen molar-refractivity contribution >= 4 is 5.91 Å². The predicted octanol–water partition coefficient (Wildman–Crippen LogP) is 3.65. The molecular weight excluding hydrogens is 262 g/mol.